The smallest absolute Gasteiger partial charge is 0.306 e. The molecule has 0 aromatic carbocycles. The van der Waals surface area contributed by atoms with Crippen molar-refractivity contribution in [3.63, 3.8) is 0 Å². The largest absolute Gasteiger partial charge is 0.481 e. The van der Waals surface area contributed by atoms with Crippen LogP contribution < -0.4 is 10.6 Å². The van der Waals surface area contributed by atoms with Crippen LogP contribution in [0, 0.1) is 5.92 Å². The summed E-state index contributed by atoms with van der Waals surface area (Å²) in [5.74, 6) is -0.802. The van der Waals surface area contributed by atoms with Gasteiger partial charge in [0.2, 0.25) is 5.91 Å². The highest BCUT2D eigenvalue weighted by Gasteiger charge is 2.38. The third-order valence-electron chi connectivity index (χ3n) is 3.77. The minimum absolute atomic E-state index is 0.0574. The van der Waals surface area contributed by atoms with Gasteiger partial charge in [0, 0.05) is 25.0 Å². The van der Waals surface area contributed by atoms with Crippen molar-refractivity contribution in [2.45, 2.75) is 37.6 Å². The van der Waals surface area contributed by atoms with Crippen molar-refractivity contribution in [3.8, 4) is 0 Å². The highest BCUT2D eigenvalue weighted by molar-refractivity contribution is 5.76. The summed E-state index contributed by atoms with van der Waals surface area (Å²) in [4.78, 5) is 22.1. The van der Waals surface area contributed by atoms with E-state index in [1.807, 2.05) is 0 Å². The summed E-state index contributed by atoms with van der Waals surface area (Å²) >= 11 is 0. The maximum Gasteiger partial charge on any atom is 0.306 e. The van der Waals surface area contributed by atoms with Crippen molar-refractivity contribution in [3.05, 3.63) is 0 Å². The lowest BCUT2D eigenvalue weighted by molar-refractivity contribution is -0.143. The minimum atomic E-state index is -0.687. The van der Waals surface area contributed by atoms with E-state index in [2.05, 4.69) is 10.6 Å². The molecule has 2 rings (SSSR count). The van der Waals surface area contributed by atoms with E-state index in [-0.39, 0.29) is 17.4 Å². The fourth-order valence-corrected chi connectivity index (χ4v) is 2.63. The highest BCUT2D eigenvalue weighted by Crippen LogP contribution is 2.32. The lowest BCUT2D eigenvalue weighted by atomic mass is 9.76. The Labute approximate surface area is 94.6 Å². The molecule has 1 saturated carbocycles. The first-order chi connectivity index (χ1) is 7.61. The lowest BCUT2D eigenvalue weighted by Crippen LogP contribution is -2.53. The molecular weight excluding hydrogens is 208 g/mol. The van der Waals surface area contributed by atoms with Crippen LogP contribution in [0.4, 0.5) is 0 Å². The molecule has 3 N–H and O–H groups in total. The number of nitrogens with one attached hydrogen (secondary N) is 2. The minimum Gasteiger partial charge on any atom is -0.481 e. The Morgan fingerprint density at radius 3 is 2.69 bits per heavy atom. The quantitative estimate of drug-likeness (QED) is 0.593. The fraction of sp³-hybridized carbons (Fsp3) is 0.818. The second-order valence-electron chi connectivity index (χ2n) is 4.85. The second kappa shape index (κ2) is 4.41. The molecule has 0 bridgehead atoms. The molecule has 0 radical (unpaired) electrons. The molecule has 5 heteroatoms. The molecule has 0 unspecified atom stereocenters. The molecule has 16 heavy (non-hydrogen) atoms. The maximum absolute atomic E-state index is 11.2. The van der Waals surface area contributed by atoms with Crippen LogP contribution >= 0.6 is 0 Å². The van der Waals surface area contributed by atoms with Gasteiger partial charge < -0.3 is 15.7 Å². The maximum atomic E-state index is 11.2. The van der Waals surface area contributed by atoms with Gasteiger partial charge in [-0.05, 0) is 25.7 Å². The van der Waals surface area contributed by atoms with Crippen molar-refractivity contribution in [1.29, 1.82) is 0 Å². The Morgan fingerprint density at radius 2 is 2.06 bits per heavy atom. The lowest BCUT2D eigenvalue weighted by Gasteiger charge is -2.39. The molecule has 1 amide bonds. The van der Waals surface area contributed by atoms with Crippen molar-refractivity contribution < 1.29 is 14.7 Å². The second-order valence-corrected chi connectivity index (χ2v) is 4.85. The van der Waals surface area contributed by atoms with Crippen LogP contribution in [0.2, 0.25) is 0 Å². The number of carboxylic acid groups (broad SMARTS) is 1. The van der Waals surface area contributed by atoms with Gasteiger partial charge in [0.15, 0.2) is 0 Å². The van der Waals surface area contributed by atoms with Gasteiger partial charge in [-0.25, -0.2) is 0 Å². The van der Waals surface area contributed by atoms with Crippen LogP contribution in [-0.2, 0) is 9.59 Å². The number of hydrogen-bond acceptors (Lipinski definition) is 3. The van der Waals surface area contributed by atoms with Crippen molar-refractivity contribution >= 4 is 11.9 Å². The fourth-order valence-electron chi connectivity index (χ4n) is 2.63. The Hall–Kier alpha value is -1.10. The van der Waals surface area contributed by atoms with Gasteiger partial charge in [0.25, 0.3) is 0 Å². The predicted molar refractivity (Wildman–Crippen MR) is 58.0 cm³/mol. The monoisotopic (exact) mass is 226 g/mol. The Bertz CT molecular complexity index is 296. The van der Waals surface area contributed by atoms with Gasteiger partial charge in [-0.2, -0.15) is 0 Å². The Kier molecular flexibility index (Phi) is 3.14. The number of carbonyl (C=O) groups is 2. The average Bonchev–Trinajstić information content (AvgIpc) is 2.43. The van der Waals surface area contributed by atoms with Gasteiger partial charge in [-0.15, -0.1) is 0 Å². The zero-order chi connectivity index (χ0) is 11.6. The number of hydrogen-bond donors (Lipinski definition) is 3. The summed E-state index contributed by atoms with van der Waals surface area (Å²) in [5.41, 5.74) is -0.0574. The van der Waals surface area contributed by atoms with E-state index in [1.54, 1.807) is 0 Å². The van der Waals surface area contributed by atoms with Crippen LogP contribution in [0.1, 0.15) is 32.1 Å². The molecule has 2 fully saturated rings. The summed E-state index contributed by atoms with van der Waals surface area (Å²) in [7, 11) is 0. The van der Waals surface area contributed by atoms with Crippen LogP contribution in [-0.4, -0.2) is 35.6 Å². The number of aliphatic carboxylic acids is 1. The van der Waals surface area contributed by atoms with Gasteiger partial charge in [0.1, 0.15) is 0 Å². The van der Waals surface area contributed by atoms with E-state index >= 15 is 0 Å². The SMILES string of the molecule is O=C1CCNC2(CCC(C(=O)O)CC2)CN1. The van der Waals surface area contributed by atoms with Crippen molar-refractivity contribution in [1.82, 2.24) is 10.6 Å². The first-order valence-electron chi connectivity index (χ1n) is 5.86. The zero-order valence-electron chi connectivity index (χ0n) is 9.29. The molecular formula is C11H18N2O3. The molecule has 0 atom stereocenters. The van der Waals surface area contributed by atoms with Crippen molar-refractivity contribution in [2.75, 3.05) is 13.1 Å². The molecule has 1 saturated heterocycles. The van der Waals surface area contributed by atoms with E-state index in [0.29, 0.717) is 32.4 Å². The molecule has 1 aliphatic heterocycles. The summed E-state index contributed by atoms with van der Waals surface area (Å²) < 4.78 is 0. The third-order valence-corrected chi connectivity index (χ3v) is 3.77. The average molecular weight is 226 g/mol. The van der Waals surface area contributed by atoms with E-state index in [0.717, 1.165) is 12.8 Å². The Morgan fingerprint density at radius 1 is 1.38 bits per heavy atom. The first kappa shape index (κ1) is 11.4. The standard InChI is InChI=1S/C11H18N2O3/c14-9-3-6-13-11(7-12-9)4-1-8(2-5-11)10(15)16/h8,13H,1-7H2,(H,12,14)(H,15,16). The van der Waals surface area contributed by atoms with Gasteiger partial charge in [-0.3, -0.25) is 9.59 Å². The summed E-state index contributed by atoms with van der Waals surface area (Å²) in [6, 6.07) is 0. The van der Waals surface area contributed by atoms with E-state index in [4.69, 9.17) is 5.11 Å². The topological polar surface area (TPSA) is 78.4 Å². The molecule has 0 aromatic rings. The molecule has 1 heterocycles. The molecule has 1 spiro atoms. The molecule has 5 nitrogen and oxygen atoms in total. The number of carboxylic acids is 1. The summed E-state index contributed by atoms with van der Waals surface area (Å²) in [6.45, 7) is 1.34. The van der Waals surface area contributed by atoms with Crippen LogP contribution in [0.25, 0.3) is 0 Å². The predicted octanol–water partition coefficient (Wildman–Crippen LogP) is 0.109. The third kappa shape index (κ3) is 2.35. The zero-order valence-corrected chi connectivity index (χ0v) is 9.29. The van der Waals surface area contributed by atoms with E-state index in [1.165, 1.54) is 0 Å². The molecule has 0 aromatic heterocycles. The van der Waals surface area contributed by atoms with Crippen LogP contribution in [0.15, 0.2) is 0 Å². The van der Waals surface area contributed by atoms with Gasteiger partial charge in [0.05, 0.1) is 5.92 Å². The number of rotatable bonds is 1. The number of amides is 1. The summed E-state index contributed by atoms with van der Waals surface area (Å²) in [5, 5.41) is 15.2. The normalized spacial score (nSPS) is 35.5. The van der Waals surface area contributed by atoms with Crippen LogP contribution in [0.5, 0.6) is 0 Å². The van der Waals surface area contributed by atoms with E-state index in [9.17, 15) is 9.59 Å². The molecule has 1 aliphatic carbocycles. The van der Waals surface area contributed by atoms with Gasteiger partial charge in [-0.1, -0.05) is 0 Å². The van der Waals surface area contributed by atoms with Crippen molar-refractivity contribution in [2.24, 2.45) is 5.92 Å². The molecule has 2 aliphatic rings. The Balaban J connectivity index is 1.95. The first-order valence-corrected chi connectivity index (χ1v) is 5.86. The summed E-state index contributed by atoms with van der Waals surface area (Å²) in [6.07, 6.45) is 3.61. The van der Waals surface area contributed by atoms with Crippen LogP contribution in [0.3, 0.4) is 0 Å². The van der Waals surface area contributed by atoms with E-state index < -0.39 is 5.97 Å². The number of carbonyl (C=O) groups excluding carboxylic acids is 1. The van der Waals surface area contributed by atoms with Gasteiger partial charge >= 0.3 is 5.97 Å². The molecule has 90 valence electrons. The highest BCUT2D eigenvalue weighted by atomic mass is 16.4.